The van der Waals surface area contributed by atoms with Crippen molar-refractivity contribution in [2.24, 2.45) is 5.92 Å². The van der Waals surface area contributed by atoms with E-state index in [9.17, 15) is 18.8 Å². The number of hydrogen-bond donors (Lipinski definition) is 2. The molecule has 0 radical (unpaired) electrons. The van der Waals surface area contributed by atoms with Crippen LogP contribution in [0.3, 0.4) is 0 Å². The molecule has 3 heterocycles. The number of aromatic nitrogens is 3. The van der Waals surface area contributed by atoms with Crippen molar-refractivity contribution in [3.8, 4) is 0 Å². The quantitative estimate of drug-likeness (QED) is 0.233. The average Bonchev–Trinajstić information content (AvgIpc) is 3.49. The average molecular weight is 641 g/mol. The number of aromatic amines is 2. The highest BCUT2D eigenvalue weighted by molar-refractivity contribution is 9.10. The molecule has 1 amide bonds. The van der Waals surface area contributed by atoms with Crippen LogP contribution in [0.15, 0.2) is 45.8 Å². The third kappa shape index (κ3) is 6.48. The predicted molar refractivity (Wildman–Crippen MR) is 163 cm³/mol. The maximum Gasteiger partial charge on any atom is 0.251 e. The van der Waals surface area contributed by atoms with Gasteiger partial charge < -0.3 is 19.4 Å². The molecule has 0 aliphatic carbocycles. The number of aldehydes is 1. The van der Waals surface area contributed by atoms with E-state index < -0.39 is 11.7 Å². The highest BCUT2D eigenvalue weighted by atomic mass is 79.9. The van der Waals surface area contributed by atoms with Crippen LogP contribution in [0.2, 0.25) is 0 Å². The molecule has 2 aromatic heterocycles. The van der Waals surface area contributed by atoms with Crippen molar-refractivity contribution in [3.05, 3.63) is 73.9 Å². The second-order valence-corrected chi connectivity index (χ2v) is 12.0. The lowest BCUT2D eigenvalue weighted by Gasteiger charge is -2.32. The SMILES string of the molecule is COCCN(C)Cc1c(C[C@H](C=O)CC(=O)N2CCC(c3cc4cccc(F)c4[nH]c3=O)CC2)cc(Br)c2[nH]ncc12. The lowest BCUT2D eigenvalue weighted by atomic mass is 9.88. The number of piperidine rings is 1. The predicted octanol–water partition coefficient (Wildman–Crippen LogP) is 4.54. The minimum absolute atomic E-state index is 0.0240. The molecule has 1 atom stereocenters. The summed E-state index contributed by atoms with van der Waals surface area (Å²) in [5, 5.41) is 8.90. The molecule has 0 saturated carbocycles. The largest absolute Gasteiger partial charge is 0.383 e. The summed E-state index contributed by atoms with van der Waals surface area (Å²) < 4.78 is 20.2. The van der Waals surface area contributed by atoms with Crippen molar-refractivity contribution in [3.63, 3.8) is 0 Å². The number of H-pyrrole nitrogens is 2. The number of nitrogens with zero attached hydrogens (tertiary/aromatic N) is 3. The van der Waals surface area contributed by atoms with Crippen molar-refractivity contribution in [1.29, 1.82) is 0 Å². The topological polar surface area (TPSA) is 111 Å². The number of hydrogen-bond acceptors (Lipinski definition) is 6. The van der Waals surface area contributed by atoms with Crippen molar-refractivity contribution in [2.45, 2.75) is 38.1 Å². The zero-order chi connectivity index (χ0) is 29.8. The summed E-state index contributed by atoms with van der Waals surface area (Å²) in [6.45, 7) is 3.00. The molecular formula is C31H35BrFN5O4. The molecule has 0 spiro atoms. The summed E-state index contributed by atoms with van der Waals surface area (Å²) in [7, 11) is 3.69. The summed E-state index contributed by atoms with van der Waals surface area (Å²) in [6, 6.07) is 8.51. The molecule has 2 N–H and O–H groups in total. The Bertz CT molecular complexity index is 1650. The van der Waals surface area contributed by atoms with Gasteiger partial charge in [0.1, 0.15) is 12.1 Å². The molecule has 1 saturated heterocycles. The van der Waals surface area contributed by atoms with E-state index in [1.807, 2.05) is 13.1 Å². The number of rotatable bonds is 11. The molecule has 11 heteroatoms. The van der Waals surface area contributed by atoms with Gasteiger partial charge in [-0.25, -0.2) is 4.39 Å². The number of para-hydroxylation sites is 1. The number of benzene rings is 2. The monoisotopic (exact) mass is 639 g/mol. The van der Waals surface area contributed by atoms with Crippen LogP contribution in [-0.4, -0.2) is 77.6 Å². The number of methoxy groups -OCH3 is 1. The smallest absolute Gasteiger partial charge is 0.251 e. The van der Waals surface area contributed by atoms with Crippen LogP contribution < -0.4 is 5.56 Å². The molecule has 4 aromatic rings. The number of amides is 1. The van der Waals surface area contributed by atoms with E-state index in [1.165, 1.54) is 6.07 Å². The molecule has 222 valence electrons. The van der Waals surface area contributed by atoms with E-state index in [-0.39, 0.29) is 29.3 Å². The third-order valence-corrected chi connectivity index (χ3v) is 8.88. The number of likely N-dealkylation sites (N-methyl/N-ethyl adjacent to an activating group) is 1. The number of halogens is 2. The van der Waals surface area contributed by atoms with Crippen molar-refractivity contribution >= 4 is 49.9 Å². The number of carbonyl (C=O) groups is 2. The fourth-order valence-electron chi connectivity index (χ4n) is 5.91. The first-order valence-corrected chi connectivity index (χ1v) is 14.9. The minimum atomic E-state index is -0.479. The van der Waals surface area contributed by atoms with Gasteiger partial charge in [-0.3, -0.25) is 19.6 Å². The summed E-state index contributed by atoms with van der Waals surface area (Å²) in [6.07, 6.45) is 4.48. The lowest BCUT2D eigenvalue weighted by molar-refractivity contribution is -0.134. The zero-order valence-electron chi connectivity index (χ0n) is 23.8. The lowest BCUT2D eigenvalue weighted by Crippen LogP contribution is -2.39. The Labute approximate surface area is 251 Å². The first kappa shape index (κ1) is 30.1. The van der Waals surface area contributed by atoms with Crippen LogP contribution in [0.4, 0.5) is 4.39 Å². The fourth-order valence-corrected chi connectivity index (χ4v) is 6.48. The molecule has 2 aromatic carbocycles. The summed E-state index contributed by atoms with van der Waals surface area (Å²) in [4.78, 5) is 44.9. The number of ether oxygens (including phenoxy) is 1. The Kier molecular flexibility index (Phi) is 9.50. The Hall–Kier alpha value is -3.41. The second kappa shape index (κ2) is 13.3. The molecule has 0 unspecified atom stereocenters. The van der Waals surface area contributed by atoms with Crippen LogP contribution >= 0.6 is 15.9 Å². The molecular weight excluding hydrogens is 605 g/mol. The molecule has 42 heavy (non-hydrogen) atoms. The molecule has 5 rings (SSSR count). The van der Waals surface area contributed by atoms with Gasteiger partial charge in [-0.1, -0.05) is 12.1 Å². The van der Waals surface area contributed by atoms with Crippen molar-refractivity contribution in [2.75, 3.05) is 40.4 Å². The zero-order valence-corrected chi connectivity index (χ0v) is 25.4. The Balaban J connectivity index is 1.26. The normalized spacial score (nSPS) is 15.1. The van der Waals surface area contributed by atoms with Gasteiger partial charge in [0.25, 0.3) is 5.56 Å². The molecule has 1 fully saturated rings. The van der Waals surface area contributed by atoms with Crippen LogP contribution in [0.25, 0.3) is 21.8 Å². The van der Waals surface area contributed by atoms with E-state index >= 15 is 0 Å². The summed E-state index contributed by atoms with van der Waals surface area (Å²) in [5.41, 5.74) is 3.50. The maximum atomic E-state index is 14.1. The van der Waals surface area contributed by atoms with Crippen LogP contribution in [0.5, 0.6) is 0 Å². The van der Waals surface area contributed by atoms with Crippen LogP contribution in [-0.2, 0) is 27.3 Å². The van der Waals surface area contributed by atoms with E-state index in [4.69, 9.17) is 4.74 Å². The van der Waals surface area contributed by atoms with E-state index in [1.54, 1.807) is 36.4 Å². The van der Waals surface area contributed by atoms with Crippen molar-refractivity contribution in [1.82, 2.24) is 25.0 Å². The van der Waals surface area contributed by atoms with Crippen molar-refractivity contribution < 1.29 is 18.7 Å². The fraction of sp³-hybridized carbons (Fsp3) is 0.419. The first-order chi connectivity index (χ1) is 20.3. The highest BCUT2D eigenvalue weighted by Gasteiger charge is 2.28. The van der Waals surface area contributed by atoms with Gasteiger partial charge in [0, 0.05) is 66.4 Å². The molecule has 9 nitrogen and oxygen atoms in total. The van der Waals surface area contributed by atoms with Gasteiger partial charge in [-0.15, -0.1) is 0 Å². The Morgan fingerprint density at radius 2 is 2.07 bits per heavy atom. The molecule has 0 bridgehead atoms. The van der Waals surface area contributed by atoms with Gasteiger partial charge in [-0.2, -0.15) is 5.10 Å². The second-order valence-electron chi connectivity index (χ2n) is 11.1. The minimum Gasteiger partial charge on any atom is -0.383 e. The first-order valence-electron chi connectivity index (χ1n) is 14.1. The van der Waals surface area contributed by atoms with Gasteiger partial charge in [0.2, 0.25) is 5.91 Å². The molecule has 1 aliphatic rings. The van der Waals surface area contributed by atoms with E-state index in [0.717, 1.165) is 39.3 Å². The standard InChI is InChI=1S/C31H35BrFN5O4/c1-37(10-11-42-2)17-25-22(15-26(32)30-24(25)16-34-36-30)12-19(18-39)13-28(40)38-8-6-20(7-9-38)23-14-21-4-3-5-27(33)29(21)35-31(23)41/h3-5,14-16,18-20H,6-13,17H2,1-2H3,(H,34,36)(H,35,41)/t19-/m0/s1. The Morgan fingerprint density at radius 3 is 2.81 bits per heavy atom. The van der Waals surface area contributed by atoms with Gasteiger partial charge >= 0.3 is 0 Å². The van der Waals surface area contributed by atoms with Gasteiger partial charge in [0.05, 0.1) is 23.8 Å². The number of fused-ring (bicyclic) bond motifs is 2. The van der Waals surface area contributed by atoms with Crippen LogP contribution in [0, 0.1) is 11.7 Å². The highest BCUT2D eigenvalue weighted by Crippen LogP contribution is 2.32. The van der Waals surface area contributed by atoms with E-state index in [2.05, 4.69) is 36.0 Å². The summed E-state index contributed by atoms with van der Waals surface area (Å²) in [5.74, 6) is -1.03. The van der Waals surface area contributed by atoms with Gasteiger partial charge in [0.15, 0.2) is 0 Å². The van der Waals surface area contributed by atoms with Gasteiger partial charge in [-0.05, 0) is 77.5 Å². The van der Waals surface area contributed by atoms with E-state index in [0.29, 0.717) is 56.5 Å². The Morgan fingerprint density at radius 1 is 1.29 bits per heavy atom. The number of carbonyl (C=O) groups excluding carboxylic acids is 2. The third-order valence-electron chi connectivity index (χ3n) is 8.25. The number of likely N-dealkylation sites (tertiary alicyclic amines) is 1. The summed E-state index contributed by atoms with van der Waals surface area (Å²) >= 11 is 3.63. The molecule has 1 aliphatic heterocycles. The number of nitrogens with one attached hydrogen (secondary N) is 2. The maximum absolute atomic E-state index is 14.1. The van der Waals surface area contributed by atoms with Crippen LogP contribution in [0.1, 0.15) is 41.9 Å². The number of pyridine rings is 1.